The van der Waals surface area contributed by atoms with Crippen molar-refractivity contribution in [2.75, 3.05) is 33.4 Å². The van der Waals surface area contributed by atoms with Crippen LogP contribution in [0.1, 0.15) is 26.2 Å². The summed E-state index contributed by atoms with van der Waals surface area (Å²) in [5.41, 5.74) is 0. The third kappa shape index (κ3) is 5.22. The summed E-state index contributed by atoms with van der Waals surface area (Å²) < 4.78 is 10.6. The van der Waals surface area contributed by atoms with E-state index in [1.54, 1.807) is 19.2 Å². The summed E-state index contributed by atoms with van der Waals surface area (Å²) in [5, 5.41) is 3.06. The molecule has 0 bridgehead atoms. The van der Waals surface area contributed by atoms with Gasteiger partial charge < -0.3 is 19.7 Å². The molecule has 1 N–H and O–H groups in total. The highest BCUT2D eigenvalue weighted by Crippen LogP contribution is 2.17. The van der Waals surface area contributed by atoms with E-state index in [1.807, 2.05) is 12.1 Å². The third-order valence-electron chi connectivity index (χ3n) is 3.92. The van der Waals surface area contributed by atoms with Crippen molar-refractivity contribution >= 4 is 5.91 Å². The van der Waals surface area contributed by atoms with Crippen molar-refractivity contribution in [2.24, 2.45) is 0 Å². The summed E-state index contributed by atoms with van der Waals surface area (Å²) in [6, 6.07) is 7.51. The molecule has 1 aromatic carbocycles. The predicted molar refractivity (Wildman–Crippen MR) is 86.4 cm³/mol. The summed E-state index contributed by atoms with van der Waals surface area (Å²) in [6.07, 6.45) is 3.23. The van der Waals surface area contributed by atoms with Gasteiger partial charge in [0, 0.05) is 19.1 Å². The number of carbonyl (C=O) groups excluding carboxylic acids is 1. The molecule has 1 aliphatic heterocycles. The molecule has 0 unspecified atom stereocenters. The van der Waals surface area contributed by atoms with Gasteiger partial charge in [0.2, 0.25) is 0 Å². The average Bonchev–Trinajstić information content (AvgIpc) is 2.55. The first kappa shape index (κ1) is 16.6. The Hall–Kier alpha value is -1.75. The summed E-state index contributed by atoms with van der Waals surface area (Å²) in [6.45, 7) is 5.55. The second-order valence-electron chi connectivity index (χ2n) is 5.65. The van der Waals surface area contributed by atoms with Crippen LogP contribution in [0.2, 0.25) is 0 Å². The molecular formula is C17H26N2O3. The smallest absolute Gasteiger partial charge is 0.258 e. The molecule has 1 saturated heterocycles. The molecule has 5 nitrogen and oxygen atoms in total. The minimum absolute atomic E-state index is 0.0511. The van der Waals surface area contributed by atoms with Gasteiger partial charge in [-0.2, -0.15) is 0 Å². The van der Waals surface area contributed by atoms with E-state index in [0.717, 1.165) is 38.2 Å². The molecule has 0 aromatic heterocycles. The van der Waals surface area contributed by atoms with Crippen molar-refractivity contribution in [1.82, 2.24) is 10.2 Å². The van der Waals surface area contributed by atoms with Gasteiger partial charge in [-0.3, -0.25) is 4.79 Å². The van der Waals surface area contributed by atoms with Gasteiger partial charge in [0.25, 0.3) is 5.91 Å². The van der Waals surface area contributed by atoms with Crippen LogP contribution in [-0.4, -0.2) is 50.2 Å². The number of amides is 1. The molecule has 5 heteroatoms. The molecule has 0 spiro atoms. The van der Waals surface area contributed by atoms with E-state index in [0.29, 0.717) is 5.75 Å². The van der Waals surface area contributed by atoms with Gasteiger partial charge in [0.15, 0.2) is 6.61 Å². The van der Waals surface area contributed by atoms with E-state index < -0.39 is 0 Å². The van der Waals surface area contributed by atoms with Crippen molar-refractivity contribution in [3.8, 4) is 11.5 Å². The standard InChI is InChI=1S/C17H26N2O3/c1-3-10-19-11-8-14(9-12-19)18-17(20)13-22-16-6-4-15(21-2)5-7-16/h4-7,14H,3,8-13H2,1-2H3,(H,18,20). The second-order valence-corrected chi connectivity index (χ2v) is 5.65. The van der Waals surface area contributed by atoms with Crippen LogP contribution in [-0.2, 0) is 4.79 Å². The van der Waals surface area contributed by atoms with Gasteiger partial charge in [0.05, 0.1) is 7.11 Å². The van der Waals surface area contributed by atoms with Crippen LogP contribution in [0.5, 0.6) is 11.5 Å². The molecule has 0 saturated carbocycles. The molecule has 2 rings (SSSR count). The van der Waals surface area contributed by atoms with Gasteiger partial charge in [0.1, 0.15) is 11.5 Å². The lowest BCUT2D eigenvalue weighted by Gasteiger charge is -2.32. The third-order valence-corrected chi connectivity index (χ3v) is 3.92. The van der Waals surface area contributed by atoms with Crippen molar-refractivity contribution < 1.29 is 14.3 Å². The Labute approximate surface area is 132 Å². The normalized spacial score (nSPS) is 16.3. The molecular weight excluding hydrogens is 280 g/mol. The molecule has 22 heavy (non-hydrogen) atoms. The number of piperidine rings is 1. The number of nitrogens with zero attached hydrogens (tertiary/aromatic N) is 1. The van der Waals surface area contributed by atoms with Crippen LogP contribution in [0, 0.1) is 0 Å². The first-order valence-corrected chi connectivity index (χ1v) is 8.00. The number of methoxy groups -OCH3 is 1. The number of nitrogens with one attached hydrogen (secondary N) is 1. The maximum atomic E-state index is 11.9. The van der Waals surface area contributed by atoms with Crippen LogP contribution in [0.4, 0.5) is 0 Å². The van der Waals surface area contributed by atoms with Gasteiger partial charge >= 0.3 is 0 Å². The zero-order valence-electron chi connectivity index (χ0n) is 13.5. The SMILES string of the molecule is CCCN1CCC(NC(=O)COc2ccc(OC)cc2)CC1. The first-order valence-electron chi connectivity index (χ1n) is 8.00. The molecule has 1 fully saturated rings. The van der Waals surface area contributed by atoms with E-state index in [2.05, 4.69) is 17.1 Å². The highest BCUT2D eigenvalue weighted by Gasteiger charge is 2.20. The summed E-state index contributed by atoms with van der Waals surface area (Å²) in [7, 11) is 1.62. The summed E-state index contributed by atoms with van der Waals surface area (Å²) in [5.74, 6) is 1.40. The maximum absolute atomic E-state index is 11.9. The molecule has 0 aliphatic carbocycles. The van der Waals surface area contributed by atoms with E-state index >= 15 is 0 Å². The van der Waals surface area contributed by atoms with Gasteiger partial charge in [-0.25, -0.2) is 0 Å². The monoisotopic (exact) mass is 306 g/mol. The lowest BCUT2D eigenvalue weighted by atomic mass is 10.0. The predicted octanol–water partition coefficient (Wildman–Crippen LogP) is 2.06. The van der Waals surface area contributed by atoms with E-state index in [9.17, 15) is 4.79 Å². The van der Waals surface area contributed by atoms with E-state index in [4.69, 9.17) is 9.47 Å². The number of benzene rings is 1. The van der Waals surface area contributed by atoms with Crippen molar-refractivity contribution in [1.29, 1.82) is 0 Å². The topological polar surface area (TPSA) is 50.8 Å². The fourth-order valence-corrected chi connectivity index (χ4v) is 2.71. The van der Waals surface area contributed by atoms with Crippen LogP contribution < -0.4 is 14.8 Å². The molecule has 1 aliphatic rings. The highest BCUT2D eigenvalue weighted by atomic mass is 16.5. The van der Waals surface area contributed by atoms with E-state index in [-0.39, 0.29) is 18.6 Å². The number of rotatable bonds is 7. The first-order chi connectivity index (χ1) is 10.7. The zero-order valence-corrected chi connectivity index (χ0v) is 13.5. The molecule has 1 amide bonds. The van der Waals surface area contributed by atoms with Crippen molar-refractivity contribution in [3.63, 3.8) is 0 Å². The lowest BCUT2D eigenvalue weighted by Crippen LogP contribution is -2.46. The largest absolute Gasteiger partial charge is 0.497 e. The van der Waals surface area contributed by atoms with Gasteiger partial charge in [-0.15, -0.1) is 0 Å². The quantitative estimate of drug-likeness (QED) is 0.838. The van der Waals surface area contributed by atoms with E-state index in [1.165, 1.54) is 6.42 Å². The number of carbonyl (C=O) groups is 1. The zero-order chi connectivity index (χ0) is 15.8. The average molecular weight is 306 g/mol. The van der Waals surface area contributed by atoms with Crippen LogP contribution >= 0.6 is 0 Å². The fourth-order valence-electron chi connectivity index (χ4n) is 2.71. The lowest BCUT2D eigenvalue weighted by molar-refractivity contribution is -0.124. The Kier molecular flexibility index (Phi) is 6.52. The Morgan fingerprint density at radius 1 is 1.23 bits per heavy atom. The molecule has 1 aromatic rings. The number of ether oxygens (including phenoxy) is 2. The number of hydrogen-bond acceptors (Lipinski definition) is 4. The van der Waals surface area contributed by atoms with Crippen LogP contribution in [0.15, 0.2) is 24.3 Å². The minimum Gasteiger partial charge on any atom is -0.497 e. The Bertz CT molecular complexity index is 453. The maximum Gasteiger partial charge on any atom is 0.258 e. The summed E-state index contributed by atoms with van der Waals surface area (Å²) in [4.78, 5) is 14.4. The van der Waals surface area contributed by atoms with Gasteiger partial charge in [-0.05, 0) is 50.1 Å². The fraction of sp³-hybridized carbons (Fsp3) is 0.588. The Balaban J connectivity index is 1.67. The minimum atomic E-state index is -0.0511. The Morgan fingerprint density at radius 3 is 2.45 bits per heavy atom. The van der Waals surface area contributed by atoms with Crippen molar-refractivity contribution in [2.45, 2.75) is 32.2 Å². The summed E-state index contributed by atoms with van der Waals surface area (Å²) >= 11 is 0. The molecule has 1 heterocycles. The van der Waals surface area contributed by atoms with Gasteiger partial charge in [-0.1, -0.05) is 6.92 Å². The van der Waals surface area contributed by atoms with Crippen LogP contribution in [0.25, 0.3) is 0 Å². The Morgan fingerprint density at radius 2 is 1.86 bits per heavy atom. The molecule has 122 valence electrons. The number of likely N-dealkylation sites (tertiary alicyclic amines) is 1. The van der Waals surface area contributed by atoms with Crippen molar-refractivity contribution in [3.05, 3.63) is 24.3 Å². The number of hydrogen-bond donors (Lipinski definition) is 1. The molecule has 0 atom stereocenters. The highest BCUT2D eigenvalue weighted by molar-refractivity contribution is 5.77. The van der Waals surface area contributed by atoms with Crippen LogP contribution in [0.3, 0.4) is 0 Å². The second kappa shape index (κ2) is 8.63. The molecule has 0 radical (unpaired) electrons.